The summed E-state index contributed by atoms with van der Waals surface area (Å²) in [5.41, 5.74) is 0.911. The van der Waals surface area contributed by atoms with Gasteiger partial charge in [0.2, 0.25) is 0 Å². The van der Waals surface area contributed by atoms with Crippen LogP contribution in [0.15, 0.2) is 36.7 Å². The monoisotopic (exact) mass is 578 g/mol. The zero-order valence-electron chi connectivity index (χ0n) is 22.8. The van der Waals surface area contributed by atoms with E-state index in [1.54, 1.807) is 19.1 Å². The molecule has 3 aromatic rings. The van der Waals surface area contributed by atoms with E-state index in [2.05, 4.69) is 31.4 Å². The normalized spacial score (nSPS) is 22.8. The number of halogens is 5. The third-order valence-electron chi connectivity index (χ3n) is 8.20. The van der Waals surface area contributed by atoms with Crippen molar-refractivity contribution in [2.24, 2.45) is 0 Å². The molecule has 0 spiro atoms. The Hall–Kier alpha value is -3.41. The van der Waals surface area contributed by atoms with Crippen LogP contribution < -0.4 is 14.2 Å². The van der Waals surface area contributed by atoms with Gasteiger partial charge < -0.3 is 14.2 Å². The second kappa shape index (κ2) is 10.5. The number of hydrogen-bond acceptors (Lipinski definition) is 6. The number of fused-ring (bicyclic) bond motifs is 2. The van der Waals surface area contributed by atoms with Crippen molar-refractivity contribution < 1.29 is 36.2 Å². The molecule has 2 aromatic heterocycles. The first-order valence-electron chi connectivity index (χ1n) is 13.9. The number of aromatic nitrogens is 3. The molecule has 41 heavy (non-hydrogen) atoms. The maximum absolute atomic E-state index is 14.1. The summed E-state index contributed by atoms with van der Waals surface area (Å²) in [4.78, 5) is 6.62. The van der Waals surface area contributed by atoms with Gasteiger partial charge in [0.15, 0.2) is 17.2 Å². The number of ether oxygens (including phenoxy) is 3. The van der Waals surface area contributed by atoms with Gasteiger partial charge in [0.05, 0.1) is 23.8 Å². The van der Waals surface area contributed by atoms with Crippen LogP contribution in [0.1, 0.15) is 80.5 Å². The number of hydrogen-bond donors (Lipinski definition) is 0. The van der Waals surface area contributed by atoms with Crippen molar-refractivity contribution >= 4 is 0 Å². The zero-order valence-corrected chi connectivity index (χ0v) is 22.8. The van der Waals surface area contributed by atoms with Crippen LogP contribution in [0.3, 0.4) is 0 Å². The van der Waals surface area contributed by atoms with Crippen LogP contribution in [0.25, 0.3) is 5.69 Å². The van der Waals surface area contributed by atoms with E-state index in [1.807, 2.05) is 0 Å². The number of nitrogens with zero attached hydrogens (tertiary/aromatic N) is 4. The van der Waals surface area contributed by atoms with Gasteiger partial charge in [-0.1, -0.05) is 12.5 Å². The van der Waals surface area contributed by atoms with E-state index in [9.17, 15) is 22.0 Å². The summed E-state index contributed by atoms with van der Waals surface area (Å²) >= 11 is 0. The lowest BCUT2D eigenvalue weighted by molar-refractivity contribution is -0.286. The summed E-state index contributed by atoms with van der Waals surface area (Å²) in [6, 6.07) is 6.35. The van der Waals surface area contributed by atoms with Gasteiger partial charge >= 0.3 is 12.5 Å². The van der Waals surface area contributed by atoms with Crippen LogP contribution in [-0.2, 0) is 12.6 Å². The number of likely N-dealkylation sites (tertiary alicyclic amines) is 1. The fourth-order valence-electron chi connectivity index (χ4n) is 6.18. The van der Waals surface area contributed by atoms with Gasteiger partial charge in [0, 0.05) is 30.1 Å². The predicted molar refractivity (Wildman–Crippen MR) is 139 cm³/mol. The summed E-state index contributed by atoms with van der Waals surface area (Å²) in [5.74, 6) is 0.0183. The quantitative estimate of drug-likeness (QED) is 0.293. The lowest BCUT2D eigenvalue weighted by atomic mass is 9.85. The molecule has 1 unspecified atom stereocenters. The predicted octanol–water partition coefficient (Wildman–Crippen LogP) is 7.04. The molecule has 0 radical (unpaired) electrons. The van der Waals surface area contributed by atoms with Crippen molar-refractivity contribution in [2.75, 3.05) is 13.1 Å². The van der Waals surface area contributed by atoms with E-state index in [1.165, 1.54) is 35.6 Å². The van der Waals surface area contributed by atoms with Gasteiger partial charge in [-0.15, -0.1) is 8.78 Å². The minimum Gasteiger partial charge on any atom is -0.484 e. The largest absolute Gasteiger partial charge is 0.586 e. The molecule has 0 amide bonds. The summed E-state index contributed by atoms with van der Waals surface area (Å²) < 4.78 is 85.7. The second-order valence-corrected chi connectivity index (χ2v) is 11.1. The van der Waals surface area contributed by atoms with E-state index >= 15 is 0 Å². The highest BCUT2D eigenvalue weighted by Crippen LogP contribution is 2.44. The molecule has 4 heterocycles. The molecule has 7 nitrogen and oxygen atoms in total. The Bertz CT molecular complexity index is 1430. The fraction of sp³-hybridized carbons (Fsp3) is 0.517. The van der Waals surface area contributed by atoms with Gasteiger partial charge in [-0.25, -0.2) is 4.68 Å². The number of rotatable bonds is 6. The van der Waals surface area contributed by atoms with Gasteiger partial charge in [-0.05, 0) is 70.2 Å². The van der Waals surface area contributed by atoms with Crippen LogP contribution in [0.4, 0.5) is 22.0 Å². The molecule has 2 aliphatic heterocycles. The molecular formula is C29H31F5N4O3. The Morgan fingerprint density at radius 1 is 1.07 bits per heavy atom. The number of piperidine rings is 1. The van der Waals surface area contributed by atoms with E-state index in [0.29, 0.717) is 48.1 Å². The molecule has 220 valence electrons. The topological polar surface area (TPSA) is 61.6 Å². The van der Waals surface area contributed by atoms with Crippen molar-refractivity contribution in [2.45, 2.75) is 82.9 Å². The summed E-state index contributed by atoms with van der Waals surface area (Å²) in [6.07, 6.45) is -0.882. The van der Waals surface area contributed by atoms with Gasteiger partial charge in [-0.2, -0.15) is 18.3 Å². The molecule has 0 N–H and O–H groups in total. The molecule has 1 saturated heterocycles. The Balaban J connectivity index is 1.30. The highest BCUT2D eigenvalue weighted by molar-refractivity contribution is 5.46. The Morgan fingerprint density at radius 2 is 1.88 bits per heavy atom. The van der Waals surface area contributed by atoms with Crippen molar-refractivity contribution in [1.29, 1.82) is 0 Å². The highest BCUT2D eigenvalue weighted by Gasteiger charge is 2.44. The van der Waals surface area contributed by atoms with E-state index in [0.717, 1.165) is 25.8 Å². The van der Waals surface area contributed by atoms with Gasteiger partial charge in [0.1, 0.15) is 11.9 Å². The Labute approximate surface area is 234 Å². The number of pyridine rings is 1. The van der Waals surface area contributed by atoms with Gasteiger partial charge in [-0.3, -0.25) is 9.88 Å². The maximum Gasteiger partial charge on any atom is 0.586 e. The average Bonchev–Trinajstić information content (AvgIpc) is 3.47. The van der Waals surface area contributed by atoms with Crippen LogP contribution >= 0.6 is 0 Å². The zero-order chi connectivity index (χ0) is 28.9. The van der Waals surface area contributed by atoms with Crippen molar-refractivity contribution in [3.63, 3.8) is 0 Å². The average molecular weight is 579 g/mol. The standard InChI is InChI=1S/C29H31F5N4O3/c1-17-6-3-4-11-37(17)16-20-7-5-8-23-26(20)38(36-27(23)28(30,31)32)21-13-22(15-35-14-21)39-18(2)19-9-10-24-25(12-19)41-29(33,34)40-24/h9-10,12-15,17-18,20H,3-8,11,16H2,1-2H3/t17?,18-,20-/m0/s1. The molecule has 12 heteroatoms. The maximum atomic E-state index is 14.1. The van der Waals surface area contributed by atoms with Crippen molar-refractivity contribution in [3.05, 3.63) is 59.2 Å². The SMILES string of the molecule is CC1CCCCN1C[C@@H]1CCCc2c(C(F)(F)F)nn(-c3cncc(O[C@@H](C)c4ccc5c(c4)OC(F)(F)O5)c3)c21. The third-order valence-corrected chi connectivity index (χ3v) is 8.20. The van der Waals surface area contributed by atoms with E-state index < -0.39 is 24.3 Å². The minimum absolute atomic E-state index is 0.0768. The lowest BCUT2D eigenvalue weighted by Gasteiger charge is -2.37. The molecule has 0 saturated carbocycles. The van der Waals surface area contributed by atoms with E-state index in [4.69, 9.17) is 4.74 Å². The lowest BCUT2D eigenvalue weighted by Crippen LogP contribution is -2.40. The summed E-state index contributed by atoms with van der Waals surface area (Å²) in [6.45, 7) is 5.52. The molecule has 0 bridgehead atoms. The minimum atomic E-state index is -4.58. The highest BCUT2D eigenvalue weighted by atomic mass is 19.4. The van der Waals surface area contributed by atoms with Crippen molar-refractivity contribution in [1.82, 2.24) is 19.7 Å². The number of alkyl halides is 5. The molecular weight excluding hydrogens is 547 g/mol. The fourth-order valence-corrected chi connectivity index (χ4v) is 6.18. The van der Waals surface area contributed by atoms with Crippen LogP contribution in [0, 0.1) is 0 Å². The number of benzene rings is 1. The first-order valence-corrected chi connectivity index (χ1v) is 13.9. The molecule has 1 aromatic carbocycles. The summed E-state index contributed by atoms with van der Waals surface area (Å²) in [7, 11) is 0. The molecule has 1 fully saturated rings. The molecule has 1 aliphatic carbocycles. The molecule has 6 rings (SSSR count). The Kier molecular flexibility index (Phi) is 7.07. The first kappa shape index (κ1) is 27.7. The first-order chi connectivity index (χ1) is 19.5. The Morgan fingerprint density at radius 3 is 2.66 bits per heavy atom. The van der Waals surface area contributed by atoms with Gasteiger partial charge in [0.25, 0.3) is 0 Å². The van der Waals surface area contributed by atoms with E-state index in [-0.39, 0.29) is 23.0 Å². The smallest absolute Gasteiger partial charge is 0.484 e. The molecule has 3 aliphatic rings. The van der Waals surface area contributed by atoms with Crippen molar-refractivity contribution in [3.8, 4) is 22.9 Å². The molecule has 3 atom stereocenters. The van der Waals surface area contributed by atoms with Crippen LogP contribution in [0.2, 0.25) is 0 Å². The third kappa shape index (κ3) is 5.58. The second-order valence-electron chi connectivity index (χ2n) is 11.1. The van der Waals surface area contributed by atoms with Crippen LogP contribution in [0.5, 0.6) is 17.2 Å². The summed E-state index contributed by atoms with van der Waals surface area (Å²) in [5, 5.41) is 4.10. The van der Waals surface area contributed by atoms with Crippen LogP contribution in [-0.4, -0.2) is 45.1 Å².